The van der Waals surface area contributed by atoms with E-state index in [9.17, 15) is 4.79 Å². The molecule has 1 atom stereocenters. The first kappa shape index (κ1) is 15.4. The number of nitrogens with one attached hydrogen (secondary N) is 2. The van der Waals surface area contributed by atoms with Gasteiger partial charge in [0.25, 0.3) is 0 Å². The number of rotatable bonds is 6. The van der Waals surface area contributed by atoms with Crippen molar-refractivity contribution in [1.82, 2.24) is 20.2 Å². The fourth-order valence-electron chi connectivity index (χ4n) is 1.80. The Balaban J connectivity index is 1.68. The SMILES string of the molecule is C[C@H](CNC(=O)NCc1nccn1C)Sc1ccccc1. The van der Waals surface area contributed by atoms with E-state index in [4.69, 9.17) is 0 Å². The number of aryl methyl sites for hydroxylation is 1. The third-order valence-electron chi connectivity index (χ3n) is 2.96. The summed E-state index contributed by atoms with van der Waals surface area (Å²) in [7, 11) is 1.90. The monoisotopic (exact) mass is 304 g/mol. The Kier molecular flexibility index (Phi) is 5.68. The van der Waals surface area contributed by atoms with E-state index < -0.39 is 0 Å². The van der Waals surface area contributed by atoms with Gasteiger partial charge < -0.3 is 15.2 Å². The Morgan fingerprint density at radius 3 is 2.76 bits per heavy atom. The number of hydrogen-bond donors (Lipinski definition) is 2. The molecule has 0 bridgehead atoms. The molecule has 0 fully saturated rings. The maximum Gasteiger partial charge on any atom is 0.315 e. The number of aromatic nitrogens is 2. The fourth-order valence-corrected chi connectivity index (χ4v) is 2.74. The first-order valence-electron chi connectivity index (χ1n) is 6.85. The van der Waals surface area contributed by atoms with E-state index in [-0.39, 0.29) is 6.03 Å². The molecule has 0 saturated carbocycles. The number of carbonyl (C=O) groups is 1. The van der Waals surface area contributed by atoms with E-state index in [1.165, 1.54) is 4.90 Å². The van der Waals surface area contributed by atoms with Gasteiger partial charge in [0.15, 0.2) is 0 Å². The second kappa shape index (κ2) is 7.73. The molecule has 21 heavy (non-hydrogen) atoms. The van der Waals surface area contributed by atoms with Crippen molar-refractivity contribution < 1.29 is 4.79 Å². The van der Waals surface area contributed by atoms with Gasteiger partial charge in [-0.1, -0.05) is 25.1 Å². The largest absolute Gasteiger partial charge is 0.337 e. The summed E-state index contributed by atoms with van der Waals surface area (Å²) >= 11 is 1.74. The Labute approximate surface area is 129 Å². The van der Waals surface area contributed by atoms with Gasteiger partial charge in [0.05, 0.1) is 6.54 Å². The highest BCUT2D eigenvalue weighted by molar-refractivity contribution is 8.00. The molecule has 2 N–H and O–H groups in total. The van der Waals surface area contributed by atoms with E-state index in [1.54, 1.807) is 18.0 Å². The van der Waals surface area contributed by atoms with Crippen molar-refractivity contribution >= 4 is 17.8 Å². The van der Waals surface area contributed by atoms with Gasteiger partial charge >= 0.3 is 6.03 Å². The normalized spacial score (nSPS) is 11.9. The Bertz CT molecular complexity index is 570. The van der Waals surface area contributed by atoms with Crippen LogP contribution in [0.15, 0.2) is 47.6 Å². The van der Waals surface area contributed by atoms with Crippen molar-refractivity contribution in [2.45, 2.75) is 23.6 Å². The predicted molar refractivity (Wildman–Crippen MR) is 85.2 cm³/mol. The van der Waals surface area contributed by atoms with Crippen LogP contribution in [0.25, 0.3) is 0 Å². The van der Waals surface area contributed by atoms with Gasteiger partial charge in [0.2, 0.25) is 0 Å². The number of urea groups is 1. The molecule has 0 saturated heterocycles. The van der Waals surface area contributed by atoms with Crippen LogP contribution in [0.4, 0.5) is 4.79 Å². The summed E-state index contributed by atoms with van der Waals surface area (Å²) in [5.41, 5.74) is 0. The summed E-state index contributed by atoms with van der Waals surface area (Å²) in [6, 6.07) is 10.0. The minimum Gasteiger partial charge on any atom is -0.337 e. The smallest absolute Gasteiger partial charge is 0.315 e. The maximum atomic E-state index is 11.7. The second-order valence-corrected chi connectivity index (χ2v) is 6.27. The topological polar surface area (TPSA) is 59.0 Å². The summed E-state index contributed by atoms with van der Waals surface area (Å²) in [5, 5.41) is 5.99. The summed E-state index contributed by atoms with van der Waals surface area (Å²) in [6.45, 7) is 3.14. The average molecular weight is 304 g/mol. The molecule has 0 radical (unpaired) electrons. The molecule has 2 aromatic rings. The van der Waals surface area contributed by atoms with Gasteiger partial charge in [-0.25, -0.2) is 9.78 Å². The van der Waals surface area contributed by atoms with Crippen molar-refractivity contribution in [2.75, 3.05) is 6.54 Å². The zero-order valence-corrected chi connectivity index (χ0v) is 13.1. The molecule has 0 unspecified atom stereocenters. The summed E-state index contributed by atoms with van der Waals surface area (Å²) < 4.78 is 1.88. The van der Waals surface area contributed by atoms with Crippen LogP contribution in [0.1, 0.15) is 12.7 Å². The molecule has 0 aliphatic carbocycles. The predicted octanol–water partition coefficient (Wildman–Crippen LogP) is 2.40. The van der Waals surface area contributed by atoms with Gasteiger partial charge in [0, 0.05) is 36.1 Å². The van der Waals surface area contributed by atoms with Gasteiger partial charge in [-0.05, 0) is 12.1 Å². The van der Waals surface area contributed by atoms with Crippen molar-refractivity contribution in [3.8, 4) is 0 Å². The van der Waals surface area contributed by atoms with E-state index in [0.717, 1.165) is 5.82 Å². The van der Waals surface area contributed by atoms with Gasteiger partial charge in [-0.2, -0.15) is 0 Å². The third kappa shape index (κ3) is 5.15. The van der Waals surface area contributed by atoms with Crippen molar-refractivity contribution in [3.63, 3.8) is 0 Å². The van der Waals surface area contributed by atoms with Crippen LogP contribution in [0.5, 0.6) is 0 Å². The highest BCUT2D eigenvalue weighted by Gasteiger charge is 2.07. The lowest BCUT2D eigenvalue weighted by atomic mass is 10.4. The van der Waals surface area contributed by atoms with Crippen LogP contribution >= 0.6 is 11.8 Å². The van der Waals surface area contributed by atoms with Crippen LogP contribution in [-0.2, 0) is 13.6 Å². The molecule has 0 spiro atoms. The van der Waals surface area contributed by atoms with E-state index in [2.05, 4.69) is 34.7 Å². The molecule has 1 heterocycles. The summed E-state index contributed by atoms with van der Waals surface area (Å²) in [4.78, 5) is 17.1. The number of nitrogens with zero attached hydrogens (tertiary/aromatic N) is 2. The number of carbonyl (C=O) groups excluding carboxylic acids is 1. The number of hydrogen-bond acceptors (Lipinski definition) is 3. The first-order valence-corrected chi connectivity index (χ1v) is 7.72. The zero-order valence-electron chi connectivity index (χ0n) is 12.2. The lowest BCUT2D eigenvalue weighted by Gasteiger charge is -2.13. The van der Waals surface area contributed by atoms with Gasteiger partial charge in [-0.15, -0.1) is 11.8 Å². The number of thioether (sulfide) groups is 1. The van der Waals surface area contributed by atoms with Crippen molar-refractivity contribution in [2.24, 2.45) is 7.05 Å². The lowest BCUT2D eigenvalue weighted by Crippen LogP contribution is -2.38. The van der Waals surface area contributed by atoms with Gasteiger partial charge in [-0.3, -0.25) is 0 Å². The van der Waals surface area contributed by atoms with Crippen LogP contribution in [0, 0.1) is 0 Å². The summed E-state index contributed by atoms with van der Waals surface area (Å²) in [5.74, 6) is 0.830. The minimum atomic E-state index is -0.168. The molecular formula is C15H20N4OS. The van der Waals surface area contributed by atoms with Crippen LogP contribution in [-0.4, -0.2) is 27.4 Å². The highest BCUT2D eigenvalue weighted by Crippen LogP contribution is 2.21. The average Bonchev–Trinajstić information content (AvgIpc) is 2.89. The maximum absolute atomic E-state index is 11.7. The molecule has 2 amide bonds. The lowest BCUT2D eigenvalue weighted by molar-refractivity contribution is 0.240. The minimum absolute atomic E-state index is 0.168. The Morgan fingerprint density at radius 2 is 2.10 bits per heavy atom. The molecule has 1 aromatic carbocycles. The fraction of sp³-hybridized carbons (Fsp3) is 0.333. The van der Waals surface area contributed by atoms with Crippen LogP contribution in [0.2, 0.25) is 0 Å². The molecular weight excluding hydrogens is 284 g/mol. The van der Waals surface area contributed by atoms with E-state index in [0.29, 0.717) is 18.3 Å². The Morgan fingerprint density at radius 1 is 1.33 bits per heavy atom. The van der Waals surface area contributed by atoms with Crippen molar-refractivity contribution in [3.05, 3.63) is 48.5 Å². The second-order valence-electron chi connectivity index (χ2n) is 4.76. The van der Waals surface area contributed by atoms with Crippen LogP contribution in [0.3, 0.4) is 0 Å². The molecule has 2 rings (SSSR count). The Hall–Kier alpha value is -1.95. The quantitative estimate of drug-likeness (QED) is 0.806. The number of amides is 2. The molecule has 112 valence electrons. The number of benzene rings is 1. The molecule has 5 nitrogen and oxygen atoms in total. The first-order chi connectivity index (χ1) is 10.1. The zero-order chi connectivity index (χ0) is 15.1. The summed E-state index contributed by atoms with van der Waals surface area (Å²) in [6.07, 6.45) is 3.57. The van der Waals surface area contributed by atoms with Gasteiger partial charge in [0.1, 0.15) is 5.82 Å². The molecule has 0 aliphatic rings. The molecule has 6 heteroatoms. The molecule has 1 aromatic heterocycles. The van der Waals surface area contributed by atoms with Crippen molar-refractivity contribution in [1.29, 1.82) is 0 Å². The van der Waals surface area contributed by atoms with Crippen LogP contribution < -0.4 is 10.6 Å². The standard InChI is InChI=1S/C15H20N4OS/c1-12(21-13-6-4-3-5-7-13)10-17-15(20)18-11-14-16-8-9-19(14)2/h3-9,12H,10-11H2,1-2H3,(H2,17,18,20)/t12-/m1/s1. The highest BCUT2D eigenvalue weighted by atomic mass is 32.2. The number of imidazole rings is 1. The third-order valence-corrected chi connectivity index (χ3v) is 4.07. The van der Waals surface area contributed by atoms with E-state index >= 15 is 0 Å². The van der Waals surface area contributed by atoms with E-state index in [1.807, 2.05) is 36.0 Å². The molecule has 0 aliphatic heterocycles.